The van der Waals surface area contributed by atoms with Crippen LogP contribution in [-0.2, 0) is 28.9 Å². The van der Waals surface area contributed by atoms with Gasteiger partial charge >= 0.3 is 6.09 Å². The van der Waals surface area contributed by atoms with Gasteiger partial charge in [0.1, 0.15) is 5.78 Å². The first-order valence-electron chi connectivity index (χ1n) is 12.2. The van der Waals surface area contributed by atoms with E-state index in [0.29, 0.717) is 43.1 Å². The fourth-order valence-corrected chi connectivity index (χ4v) is 5.19. The monoisotopic (exact) mass is 448 g/mol. The number of fused-ring (bicyclic) bond motifs is 2. The van der Waals surface area contributed by atoms with Crippen molar-refractivity contribution in [2.45, 2.75) is 76.8 Å². The van der Waals surface area contributed by atoms with Gasteiger partial charge in [-0.2, -0.15) is 0 Å². The lowest BCUT2D eigenvalue weighted by Gasteiger charge is -2.15. The van der Waals surface area contributed by atoms with Gasteiger partial charge < -0.3 is 21.1 Å². The van der Waals surface area contributed by atoms with E-state index in [1.807, 2.05) is 7.05 Å². The molecule has 0 bridgehead atoms. The quantitative estimate of drug-likeness (QED) is 0.393. The molecule has 2 aliphatic carbocycles. The molecule has 32 heavy (non-hydrogen) atoms. The minimum Gasteiger partial charge on any atom is -0.449 e. The Labute approximate surface area is 191 Å². The molecule has 1 aromatic heterocycles. The van der Waals surface area contributed by atoms with Gasteiger partial charge in [0.2, 0.25) is 0 Å². The maximum absolute atomic E-state index is 12.5. The maximum atomic E-state index is 12.5. The molecule has 0 unspecified atom stereocenters. The topological polar surface area (TPSA) is 124 Å². The molecule has 9 nitrogen and oxygen atoms in total. The SMILES string of the molecule is CNC(=O)OC[C@@H]1[C@@H]2CCc3c(nnn3CCCCC(=O)[C@H](CCCCN)NC)CC[C@@H]21. The molecule has 1 saturated carbocycles. The van der Waals surface area contributed by atoms with Crippen LogP contribution < -0.4 is 16.4 Å². The van der Waals surface area contributed by atoms with E-state index in [2.05, 4.69) is 25.6 Å². The van der Waals surface area contributed by atoms with Crippen molar-refractivity contribution in [1.29, 1.82) is 0 Å². The fourth-order valence-electron chi connectivity index (χ4n) is 5.19. The summed E-state index contributed by atoms with van der Waals surface area (Å²) in [5.41, 5.74) is 7.92. The molecular formula is C23H40N6O3. The third-order valence-electron chi connectivity index (χ3n) is 7.19. The molecule has 0 saturated heterocycles. The largest absolute Gasteiger partial charge is 0.449 e. The van der Waals surface area contributed by atoms with Crippen molar-refractivity contribution in [3.8, 4) is 0 Å². The van der Waals surface area contributed by atoms with E-state index in [1.165, 1.54) is 5.69 Å². The molecule has 2 aliphatic rings. The molecule has 1 amide bonds. The van der Waals surface area contributed by atoms with Crippen LogP contribution in [0.2, 0.25) is 0 Å². The third kappa shape index (κ3) is 6.51. The number of carbonyl (C=O) groups is 2. The molecule has 4 atom stereocenters. The molecule has 1 aromatic rings. The van der Waals surface area contributed by atoms with Crippen LogP contribution >= 0.6 is 0 Å². The van der Waals surface area contributed by atoms with Gasteiger partial charge in [-0.3, -0.25) is 4.79 Å². The Balaban J connectivity index is 1.41. The number of rotatable bonds is 13. The van der Waals surface area contributed by atoms with Gasteiger partial charge in [0.05, 0.1) is 24.0 Å². The second kappa shape index (κ2) is 12.3. The van der Waals surface area contributed by atoms with Gasteiger partial charge in [0.15, 0.2) is 0 Å². The number of ether oxygens (including phenoxy) is 1. The molecule has 180 valence electrons. The number of hydrogen-bond acceptors (Lipinski definition) is 7. The Morgan fingerprint density at radius 3 is 2.66 bits per heavy atom. The second-order valence-corrected chi connectivity index (χ2v) is 9.17. The van der Waals surface area contributed by atoms with Crippen molar-refractivity contribution >= 4 is 11.9 Å². The van der Waals surface area contributed by atoms with Crippen LogP contribution in [0.1, 0.15) is 62.8 Å². The highest BCUT2D eigenvalue weighted by Crippen LogP contribution is 2.52. The minimum atomic E-state index is -0.347. The Morgan fingerprint density at radius 1 is 1.16 bits per heavy atom. The number of nitrogens with zero attached hydrogens (tertiary/aromatic N) is 3. The summed E-state index contributed by atoms with van der Waals surface area (Å²) in [5.74, 6) is 2.04. The summed E-state index contributed by atoms with van der Waals surface area (Å²) in [6.45, 7) is 2.00. The van der Waals surface area contributed by atoms with E-state index >= 15 is 0 Å². The third-order valence-corrected chi connectivity index (χ3v) is 7.19. The van der Waals surface area contributed by atoms with Gasteiger partial charge in [-0.1, -0.05) is 11.6 Å². The van der Waals surface area contributed by atoms with E-state index < -0.39 is 0 Å². The van der Waals surface area contributed by atoms with Crippen molar-refractivity contribution in [1.82, 2.24) is 25.6 Å². The summed E-state index contributed by atoms with van der Waals surface area (Å²) < 4.78 is 7.34. The predicted octanol–water partition coefficient (Wildman–Crippen LogP) is 1.83. The highest BCUT2D eigenvalue weighted by atomic mass is 16.5. The normalized spacial score (nSPS) is 22.8. The number of nitrogens with two attached hydrogens (primary N) is 1. The number of Topliss-reactive ketones (excluding diaryl/α,β-unsaturated/α-hetero) is 1. The standard InChI is InChI=1S/C23H40N6O3/c1-25-20(7-3-5-13-24)22(30)8-4-6-14-29-21-12-10-17-16(9-11-19(21)27-28-29)18(17)15-32-23(31)26-2/h16-18,20,25H,3-15,24H2,1-2H3,(H,26,31)/t16-,17+,18-,20-/m0/s1. The first-order valence-corrected chi connectivity index (χ1v) is 12.2. The van der Waals surface area contributed by atoms with Crippen LogP contribution in [0.15, 0.2) is 0 Å². The number of likely N-dealkylation sites (N-methyl/N-ethyl adjacent to an activating group) is 1. The number of nitrogens with one attached hydrogen (secondary N) is 2. The van der Waals surface area contributed by atoms with Crippen molar-refractivity contribution in [3.63, 3.8) is 0 Å². The summed E-state index contributed by atoms with van der Waals surface area (Å²) in [4.78, 5) is 23.8. The van der Waals surface area contributed by atoms with Crippen molar-refractivity contribution in [2.75, 3.05) is 27.2 Å². The highest BCUT2D eigenvalue weighted by molar-refractivity contribution is 5.83. The average Bonchev–Trinajstić information content (AvgIpc) is 3.30. The maximum Gasteiger partial charge on any atom is 0.406 e. The number of ketones is 1. The van der Waals surface area contributed by atoms with Gasteiger partial charge in [0.25, 0.3) is 0 Å². The molecule has 9 heteroatoms. The smallest absolute Gasteiger partial charge is 0.406 e. The zero-order valence-electron chi connectivity index (χ0n) is 19.6. The summed E-state index contributed by atoms with van der Waals surface area (Å²) in [7, 11) is 3.45. The van der Waals surface area contributed by atoms with E-state index in [1.54, 1.807) is 7.05 Å². The van der Waals surface area contributed by atoms with E-state index in [-0.39, 0.29) is 12.1 Å². The van der Waals surface area contributed by atoms with E-state index in [4.69, 9.17) is 10.5 Å². The minimum absolute atomic E-state index is 0.0558. The first-order chi connectivity index (χ1) is 15.6. The fraction of sp³-hybridized carbons (Fsp3) is 0.826. The molecular weight excluding hydrogens is 408 g/mol. The van der Waals surface area contributed by atoms with Crippen molar-refractivity contribution in [3.05, 3.63) is 11.4 Å². The molecule has 0 radical (unpaired) electrons. The van der Waals surface area contributed by atoms with Gasteiger partial charge in [-0.25, -0.2) is 9.48 Å². The van der Waals surface area contributed by atoms with Crippen LogP contribution in [0.4, 0.5) is 4.79 Å². The van der Waals surface area contributed by atoms with Crippen LogP contribution in [0.3, 0.4) is 0 Å². The molecule has 1 heterocycles. The molecule has 4 N–H and O–H groups in total. The Bertz CT molecular complexity index is 752. The zero-order valence-corrected chi connectivity index (χ0v) is 19.6. The molecule has 1 fully saturated rings. The molecule has 3 rings (SSSR count). The summed E-state index contributed by atoms with van der Waals surface area (Å²) >= 11 is 0. The number of aromatic nitrogens is 3. The molecule has 0 aliphatic heterocycles. The highest BCUT2D eigenvalue weighted by Gasteiger charge is 2.50. The average molecular weight is 449 g/mol. The Kier molecular flexibility index (Phi) is 9.47. The van der Waals surface area contributed by atoms with Crippen LogP contribution in [0, 0.1) is 17.8 Å². The lowest BCUT2D eigenvalue weighted by molar-refractivity contribution is -0.121. The van der Waals surface area contributed by atoms with Crippen LogP contribution in [0.25, 0.3) is 0 Å². The zero-order chi connectivity index (χ0) is 22.9. The summed E-state index contributed by atoms with van der Waals surface area (Å²) in [6, 6.07) is -0.0558. The summed E-state index contributed by atoms with van der Waals surface area (Å²) in [5, 5.41) is 14.5. The number of amides is 1. The Morgan fingerprint density at radius 2 is 1.94 bits per heavy atom. The van der Waals surface area contributed by atoms with Gasteiger partial charge in [0, 0.05) is 20.0 Å². The Hall–Kier alpha value is -2.00. The van der Waals surface area contributed by atoms with Crippen LogP contribution in [-0.4, -0.2) is 60.2 Å². The number of hydrogen-bond donors (Lipinski definition) is 3. The van der Waals surface area contributed by atoms with E-state index in [9.17, 15) is 9.59 Å². The summed E-state index contributed by atoms with van der Waals surface area (Å²) in [6.07, 6.45) is 8.95. The number of unbranched alkanes of at least 4 members (excludes halogenated alkanes) is 2. The van der Waals surface area contributed by atoms with Crippen molar-refractivity contribution < 1.29 is 14.3 Å². The van der Waals surface area contributed by atoms with Gasteiger partial charge in [-0.05, 0) is 82.7 Å². The lowest BCUT2D eigenvalue weighted by atomic mass is 10.0. The van der Waals surface area contributed by atoms with E-state index in [0.717, 1.165) is 70.0 Å². The molecule has 0 aromatic carbocycles. The predicted molar refractivity (Wildman–Crippen MR) is 122 cm³/mol. The first kappa shape index (κ1) is 24.6. The van der Waals surface area contributed by atoms with Crippen LogP contribution in [0.5, 0.6) is 0 Å². The number of alkyl carbamates (subject to hydrolysis) is 1. The number of aryl methyl sites for hydroxylation is 2. The van der Waals surface area contributed by atoms with Crippen molar-refractivity contribution in [2.24, 2.45) is 23.5 Å². The van der Waals surface area contributed by atoms with Gasteiger partial charge in [-0.15, -0.1) is 5.10 Å². The molecule has 0 spiro atoms. The second-order valence-electron chi connectivity index (χ2n) is 9.17. The number of carbonyl (C=O) groups excluding carboxylic acids is 2. The lowest BCUT2D eigenvalue weighted by Crippen LogP contribution is -2.34.